The average molecular weight is 302 g/mol. The minimum Gasteiger partial charge on any atom is -0.486 e. The van der Waals surface area contributed by atoms with Gasteiger partial charge in [-0.1, -0.05) is 12.1 Å². The molecule has 22 heavy (non-hydrogen) atoms. The van der Waals surface area contributed by atoms with Gasteiger partial charge in [-0.15, -0.1) is 0 Å². The van der Waals surface area contributed by atoms with Crippen LogP contribution in [-0.2, 0) is 6.54 Å². The quantitative estimate of drug-likeness (QED) is 0.888. The molecule has 2 aromatic rings. The predicted molar refractivity (Wildman–Crippen MR) is 84.3 cm³/mol. The van der Waals surface area contributed by atoms with Crippen molar-refractivity contribution in [2.24, 2.45) is 0 Å². The number of benzene rings is 1. The van der Waals surface area contributed by atoms with E-state index in [1.165, 1.54) is 0 Å². The van der Waals surface area contributed by atoms with E-state index in [4.69, 9.17) is 13.9 Å². The van der Waals surface area contributed by atoms with E-state index in [1.807, 2.05) is 24.3 Å². The summed E-state index contributed by atoms with van der Waals surface area (Å²) in [5.41, 5.74) is 1.12. The van der Waals surface area contributed by atoms with Gasteiger partial charge < -0.3 is 19.2 Å². The molecule has 0 aliphatic carbocycles. The van der Waals surface area contributed by atoms with E-state index in [1.54, 1.807) is 6.26 Å². The fourth-order valence-corrected chi connectivity index (χ4v) is 2.64. The van der Waals surface area contributed by atoms with Gasteiger partial charge in [0, 0.05) is 18.7 Å². The van der Waals surface area contributed by atoms with Crippen LogP contribution in [0.25, 0.3) is 0 Å². The van der Waals surface area contributed by atoms with E-state index >= 15 is 0 Å². The molecule has 0 radical (unpaired) electrons. The van der Waals surface area contributed by atoms with Gasteiger partial charge in [-0.05, 0) is 32.3 Å². The van der Waals surface area contributed by atoms with Gasteiger partial charge in [-0.25, -0.2) is 0 Å². The molecule has 118 valence electrons. The van der Waals surface area contributed by atoms with Crippen molar-refractivity contribution in [2.75, 3.05) is 33.9 Å². The Hall–Kier alpha value is -1.98. The van der Waals surface area contributed by atoms with Crippen LogP contribution in [0.3, 0.4) is 0 Å². The van der Waals surface area contributed by atoms with Crippen molar-refractivity contribution in [1.29, 1.82) is 0 Å². The molecule has 0 bridgehead atoms. The lowest BCUT2D eigenvalue weighted by Crippen LogP contribution is -2.30. The lowest BCUT2D eigenvalue weighted by Gasteiger charge is -2.24. The SMILES string of the molecule is CN(C)C(CNCc1cccc2c1OCCO2)c1ccco1. The standard InChI is InChI=1S/C17H22N2O3/c1-19(2)14(15-7-4-8-20-15)12-18-11-13-5-3-6-16-17(13)22-10-9-21-16/h3-8,14,18H,9-12H2,1-2H3. The van der Waals surface area contributed by atoms with Crippen LogP contribution in [0.1, 0.15) is 17.4 Å². The summed E-state index contributed by atoms with van der Waals surface area (Å²) in [5, 5.41) is 3.48. The highest BCUT2D eigenvalue weighted by molar-refractivity contribution is 5.47. The maximum Gasteiger partial charge on any atom is 0.165 e. The van der Waals surface area contributed by atoms with E-state index in [2.05, 4.69) is 30.4 Å². The second-order valence-corrected chi connectivity index (χ2v) is 5.57. The van der Waals surface area contributed by atoms with Gasteiger partial charge >= 0.3 is 0 Å². The lowest BCUT2D eigenvalue weighted by atomic mass is 10.1. The fourth-order valence-electron chi connectivity index (χ4n) is 2.64. The number of furan rings is 1. The van der Waals surface area contributed by atoms with E-state index in [0.717, 1.165) is 35.9 Å². The third-order valence-corrected chi connectivity index (χ3v) is 3.80. The van der Waals surface area contributed by atoms with Gasteiger partial charge in [0.2, 0.25) is 0 Å². The molecule has 1 aromatic heterocycles. The number of fused-ring (bicyclic) bond motifs is 1. The number of para-hydroxylation sites is 1. The molecular weight excluding hydrogens is 280 g/mol. The van der Waals surface area contributed by atoms with Crippen molar-refractivity contribution in [2.45, 2.75) is 12.6 Å². The minimum atomic E-state index is 0.201. The van der Waals surface area contributed by atoms with Gasteiger partial charge in [0.25, 0.3) is 0 Å². The van der Waals surface area contributed by atoms with E-state index in [9.17, 15) is 0 Å². The zero-order valence-electron chi connectivity index (χ0n) is 13.0. The van der Waals surface area contributed by atoms with Gasteiger partial charge in [-0.3, -0.25) is 4.90 Å². The monoisotopic (exact) mass is 302 g/mol. The summed E-state index contributed by atoms with van der Waals surface area (Å²) >= 11 is 0. The molecule has 1 aromatic carbocycles. The molecule has 1 atom stereocenters. The summed E-state index contributed by atoms with van der Waals surface area (Å²) in [6.45, 7) is 2.75. The first-order chi connectivity index (χ1) is 10.8. The third kappa shape index (κ3) is 3.26. The molecular formula is C17H22N2O3. The lowest BCUT2D eigenvalue weighted by molar-refractivity contribution is 0.169. The molecule has 1 aliphatic heterocycles. The summed E-state index contributed by atoms with van der Waals surface area (Å²) < 4.78 is 16.9. The molecule has 5 heteroatoms. The summed E-state index contributed by atoms with van der Waals surface area (Å²) in [7, 11) is 4.10. The third-order valence-electron chi connectivity index (χ3n) is 3.80. The molecule has 0 saturated carbocycles. The molecule has 1 unspecified atom stereocenters. The Bertz CT molecular complexity index is 596. The zero-order chi connectivity index (χ0) is 15.4. The summed E-state index contributed by atoms with van der Waals surface area (Å²) in [4.78, 5) is 2.14. The Morgan fingerprint density at radius 3 is 2.77 bits per heavy atom. The number of ether oxygens (including phenoxy) is 2. The number of hydrogen-bond donors (Lipinski definition) is 1. The highest BCUT2D eigenvalue weighted by Crippen LogP contribution is 2.33. The van der Waals surface area contributed by atoms with Crippen molar-refractivity contribution in [3.63, 3.8) is 0 Å². The van der Waals surface area contributed by atoms with E-state index < -0.39 is 0 Å². The Labute approximate surface area is 130 Å². The predicted octanol–water partition coefficient (Wildman–Crippen LogP) is 2.44. The van der Waals surface area contributed by atoms with E-state index in [-0.39, 0.29) is 6.04 Å². The minimum absolute atomic E-state index is 0.201. The molecule has 1 N–H and O–H groups in total. The molecule has 2 heterocycles. The van der Waals surface area contributed by atoms with Crippen LogP contribution in [-0.4, -0.2) is 38.8 Å². The Morgan fingerprint density at radius 1 is 1.14 bits per heavy atom. The Balaban J connectivity index is 1.63. The van der Waals surface area contributed by atoms with Crippen LogP contribution in [0.2, 0.25) is 0 Å². The smallest absolute Gasteiger partial charge is 0.165 e. The number of nitrogens with zero attached hydrogens (tertiary/aromatic N) is 1. The van der Waals surface area contributed by atoms with Gasteiger partial charge in [-0.2, -0.15) is 0 Å². The van der Waals surface area contributed by atoms with Crippen LogP contribution in [0.4, 0.5) is 0 Å². The molecule has 0 spiro atoms. The van der Waals surface area contributed by atoms with Crippen LogP contribution >= 0.6 is 0 Å². The highest BCUT2D eigenvalue weighted by atomic mass is 16.6. The number of rotatable bonds is 6. The highest BCUT2D eigenvalue weighted by Gasteiger charge is 2.18. The Morgan fingerprint density at radius 2 is 2.00 bits per heavy atom. The van der Waals surface area contributed by atoms with Gasteiger partial charge in [0.15, 0.2) is 11.5 Å². The topological polar surface area (TPSA) is 46.9 Å². The molecule has 1 aliphatic rings. The van der Waals surface area contributed by atoms with Crippen LogP contribution < -0.4 is 14.8 Å². The summed E-state index contributed by atoms with van der Waals surface area (Å²) in [6.07, 6.45) is 1.71. The second kappa shape index (κ2) is 6.85. The first kappa shape index (κ1) is 14.9. The van der Waals surface area contributed by atoms with E-state index in [0.29, 0.717) is 13.2 Å². The van der Waals surface area contributed by atoms with Crippen LogP contribution in [0, 0.1) is 0 Å². The number of likely N-dealkylation sites (N-methyl/N-ethyl adjacent to an activating group) is 1. The largest absolute Gasteiger partial charge is 0.486 e. The molecule has 0 amide bonds. The maximum atomic E-state index is 5.74. The first-order valence-corrected chi connectivity index (χ1v) is 7.53. The van der Waals surface area contributed by atoms with Crippen molar-refractivity contribution < 1.29 is 13.9 Å². The maximum absolute atomic E-state index is 5.74. The second-order valence-electron chi connectivity index (χ2n) is 5.57. The van der Waals surface area contributed by atoms with Crippen molar-refractivity contribution in [3.8, 4) is 11.5 Å². The van der Waals surface area contributed by atoms with Crippen molar-refractivity contribution in [3.05, 3.63) is 47.9 Å². The normalized spacial score (nSPS) is 15.0. The van der Waals surface area contributed by atoms with Gasteiger partial charge in [0.1, 0.15) is 19.0 Å². The average Bonchev–Trinajstić information content (AvgIpc) is 3.05. The summed E-state index contributed by atoms with van der Waals surface area (Å²) in [5.74, 6) is 2.66. The molecule has 0 saturated heterocycles. The van der Waals surface area contributed by atoms with Crippen LogP contribution in [0.5, 0.6) is 11.5 Å². The first-order valence-electron chi connectivity index (χ1n) is 7.53. The fraction of sp³-hybridized carbons (Fsp3) is 0.412. The van der Waals surface area contributed by atoms with Crippen LogP contribution in [0.15, 0.2) is 41.0 Å². The molecule has 3 rings (SSSR count). The zero-order valence-corrected chi connectivity index (χ0v) is 13.0. The number of nitrogens with one attached hydrogen (secondary N) is 1. The van der Waals surface area contributed by atoms with Crippen molar-refractivity contribution in [1.82, 2.24) is 10.2 Å². The number of hydrogen-bond acceptors (Lipinski definition) is 5. The Kier molecular flexibility index (Phi) is 4.65. The molecule has 0 fully saturated rings. The van der Waals surface area contributed by atoms with Gasteiger partial charge in [0.05, 0.1) is 12.3 Å². The summed E-state index contributed by atoms with van der Waals surface area (Å²) in [6, 6.07) is 10.1. The molecule has 5 nitrogen and oxygen atoms in total. The van der Waals surface area contributed by atoms with Crippen molar-refractivity contribution >= 4 is 0 Å².